The van der Waals surface area contributed by atoms with Crippen molar-refractivity contribution < 1.29 is 4.79 Å². The zero-order valence-corrected chi connectivity index (χ0v) is 16.5. The van der Waals surface area contributed by atoms with Crippen LogP contribution in [0.25, 0.3) is 0 Å². The lowest BCUT2D eigenvalue weighted by Gasteiger charge is -2.26. The van der Waals surface area contributed by atoms with Gasteiger partial charge in [0.1, 0.15) is 0 Å². The van der Waals surface area contributed by atoms with E-state index in [4.69, 9.17) is 0 Å². The lowest BCUT2D eigenvalue weighted by Crippen LogP contribution is -2.42. The number of hydrogen-bond donors (Lipinski definition) is 1. The second kappa shape index (κ2) is 9.67. The van der Waals surface area contributed by atoms with E-state index >= 15 is 0 Å². The fourth-order valence-corrected chi connectivity index (χ4v) is 3.91. The Kier molecular flexibility index (Phi) is 7.57. The normalized spacial score (nSPS) is 11.3. The molecule has 0 spiro atoms. The van der Waals surface area contributed by atoms with Gasteiger partial charge >= 0.3 is 0 Å². The monoisotopic (exact) mass is 355 g/mol. The van der Waals surface area contributed by atoms with E-state index in [0.717, 1.165) is 17.1 Å². The third kappa shape index (κ3) is 6.24. The summed E-state index contributed by atoms with van der Waals surface area (Å²) in [6.07, 6.45) is 0. The fraction of sp³-hybridized carbons (Fsp3) is 0.409. The van der Waals surface area contributed by atoms with Gasteiger partial charge < -0.3 is 5.32 Å². The Labute approximate surface area is 156 Å². The van der Waals surface area contributed by atoms with Crippen LogP contribution in [0, 0.1) is 11.8 Å². The van der Waals surface area contributed by atoms with E-state index in [1.807, 2.05) is 30.0 Å². The Balaban J connectivity index is 1.87. The molecule has 2 aromatic carbocycles. The topological polar surface area (TPSA) is 29.1 Å². The van der Waals surface area contributed by atoms with Crippen molar-refractivity contribution in [2.24, 2.45) is 11.8 Å². The van der Waals surface area contributed by atoms with Crippen LogP contribution in [-0.2, 0) is 11.5 Å². The molecule has 0 radical (unpaired) electrons. The Bertz CT molecular complexity index is 641. The van der Waals surface area contributed by atoms with Gasteiger partial charge in [0.15, 0.2) is 0 Å². The van der Waals surface area contributed by atoms with Gasteiger partial charge in [-0.1, -0.05) is 70.2 Å². The first kappa shape index (κ1) is 19.6. The Morgan fingerprint density at radius 3 is 1.88 bits per heavy atom. The van der Waals surface area contributed by atoms with Gasteiger partial charge in [0.25, 0.3) is 5.91 Å². The Hall–Kier alpha value is -1.74. The third-order valence-electron chi connectivity index (χ3n) is 4.33. The summed E-state index contributed by atoms with van der Waals surface area (Å²) in [5.41, 5.74) is 3.33. The van der Waals surface area contributed by atoms with Crippen molar-refractivity contribution in [3.8, 4) is 0 Å². The molecule has 0 atom stereocenters. The second-order valence-electron chi connectivity index (χ2n) is 7.16. The zero-order valence-electron chi connectivity index (χ0n) is 15.7. The number of carbonyl (C=O) groups excluding carboxylic acids is 1. The maximum atomic E-state index is 12.5. The van der Waals surface area contributed by atoms with Crippen molar-refractivity contribution in [1.82, 2.24) is 5.32 Å². The van der Waals surface area contributed by atoms with Crippen LogP contribution < -0.4 is 5.32 Å². The predicted molar refractivity (Wildman–Crippen MR) is 109 cm³/mol. The van der Waals surface area contributed by atoms with Crippen LogP contribution in [0.15, 0.2) is 54.6 Å². The van der Waals surface area contributed by atoms with E-state index in [9.17, 15) is 4.79 Å². The van der Waals surface area contributed by atoms with Crippen molar-refractivity contribution in [3.63, 3.8) is 0 Å². The number of amides is 1. The molecule has 0 unspecified atom stereocenters. The molecule has 2 nitrogen and oxygen atoms in total. The number of rotatable bonds is 8. The molecule has 0 heterocycles. The summed E-state index contributed by atoms with van der Waals surface area (Å²) >= 11 is 1.89. The highest BCUT2D eigenvalue weighted by Crippen LogP contribution is 2.18. The highest BCUT2D eigenvalue weighted by atomic mass is 32.2. The SMILES string of the molecule is CC(C)C(NC(=O)c1ccc(CSCc2ccccc2)cc1)C(C)C. The minimum atomic E-state index is 0.0240. The summed E-state index contributed by atoms with van der Waals surface area (Å²) in [5, 5.41) is 3.17. The van der Waals surface area contributed by atoms with Crippen LogP contribution >= 0.6 is 11.8 Å². The zero-order chi connectivity index (χ0) is 18.2. The molecule has 0 aliphatic heterocycles. The number of carbonyl (C=O) groups is 1. The number of nitrogens with one attached hydrogen (secondary N) is 1. The summed E-state index contributed by atoms with van der Waals surface area (Å²) in [6, 6.07) is 18.7. The summed E-state index contributed by atoms with van der Waals surface area (Å²) in [6.45, 7) is 8.60. The average Bonchev–Trinajstić information content (AvgIpc) is 2.60. The summed E-state index contributed by atoms with van der Waals surface area (Å²) in [5.74, 6) is 2.84. The van der Waals surface area contributed by atoms with Crippen LogP contribution in [0.2, 0.25) is 0 Å². The first-order chi connectivity index (χ1) is 12.0. The van der Waals surface area contributed by atoms with Crippen LogP contribution in [0.5, 0.6) is 0 Å². The van der Waals surface area contributed by atoms with Crippen molar-refractivity contribution in [3.05, 3.63) is 71.3 Å². The molecule has 2 aromatic rings. The van der Waals surface area contributed by atoms with Crippen LogP contribution in [-0.4, -0.2) is 11.9 Å². The van der Waals surface area contributed by atoms with Gasteiger partial charge in [-0.15, -0.1) is 0 Å². The molecule has 3 heteroatoms. The number of thioether (sulfide) groups is 1. The van der Waals surface area contributed by atoms with Gasteiger partial charge in [-0.05, 0) is 35.1 Å². The average molecular weight is 356 g/mol. The molecule has 0 aromatic heterocycles. The van der Waals surface area contributed by atoms with Crippen molar-refractivity contribution in [2.75, 3.05) is 0 Å². The number of hydrogen-bond acceptors (Lipinski definition) is 2. The first-order valence-corrected chi connectivity index (χ1v) is 10.1. The molecule has 1 amide bonds. The van der Waals surface area contributed by atoms with Gasteiger partial charge in [-0.2, -0.15) is 11.8 Å². The molecule has 0 saturated carbocycles. The summed E-state index contributed by atoms with van der Waals surface area (Å²) in [4.78, 5) is 12.5. The van der Waals surface area contributed by atoms with Crippen LogP contribution in [0.4, 0.5) is 0 Å². The molecule has 0 saturated heterocycles. The van der Waals surface area contributed by atoms with E-state index in [2.05, 4.69) is 69.4 Å². The summed E-state index contributed by atoms with van der Waals surface area (Å²) < 4.78 is 0. The second-order valence-corrected chi connectivity index (χ2v) is 8.15. The Morgan fingerprint density at radius 2 is 1.36 bits per heavy atom. The minimum Gasteiger partial charge on any atom is -0.349 e. The van der Waals surface area contributed by atoms with E-state index in [0.29, 0.717) is 11.8 Å². The van der Waals surface area contributed by atoms with E-state index in [1.165, 1.54) is 11.1 Å². The standard InChI is InChI=1S/C22H29NOS/c1-16(2)21(17(3)4)23-22(24)20-12-10-19(11-13-20)15-25-14-18-8-6-5-7-9-18/h5-13,16-17,21H,14-15H2,1-4H3,(H,23,24). The Morgan fingerprint density at radius 1 is 0.840 bits per heavy atom. The molecule has 0 aliphatic rings. The van der Waals surface area contributed by atoms with Crippen molar-refractivity contribution in [1.29, 1.82) is 0 Å². The molecule has 25 heavy (non-hydrogen) atoms. The molecule has 0 fully saturated rings. The van der Waals surface area contributed by atoms with E-state index < -0.39 is 0 Å². The third-order valence-corrected chi connectivity index (χ3v) is 5.41. The minimum absolute atomic E-state index is 0.0240. The van der Waals surface area contributed by atoms with Gasteiger partial charge in [0.2, 0.25) is 0 Å². The lowest BCUT2D eigenvalue weighted by molar-refractivity contribution is 0.0910. The number of benzene rings is 2. The van der Waals surface area contributed by atoms with E-state index in [-0.39, 0.29) is 11.9 Å². The molecular formula is C22H29NOS. The van der Waals surface area contributed by atoms with Gasteiger partial charge in [0.05, 0.1) is 0 Å². The van der Waals surface area contributed by atoms with Crippen molar-refractivity contribution in [2.45, 2.75) is 45.2 Å². The molecule has 2 rings (SSSR count). The largest absolute Gasteiger partial charge is 0.349 e. The molecule has 134 valence electrons. The quantitative estimate of drug-likeness (QED) is 0.674. The highest BCUT2D eigenvalue weighted by molar-refractivity contribution is 7.97. The highest BCUT2D eigenvalue weighted by Gasteiger charge is 2.20. The van der Waals surface area contributed by atoms with Crippen molar-refractivity contribution >= 4 is 17.7 Å². The molecular weight excluding hydrogens is 326 g/mol. The van der Waals surface area contributed by atoms with Crippen LogP contribution in [0.1, 0.15) is 49.2 Å². The van der Waals surface area contributed by atoms with E-state index in [1.54, 1.807) is 0 Å². The molecule has 0 aliphatic carbocycles. The predicted octanol–water partition coefficient (Wildman–Crippen LogP) is 5.53. The van der Waals surface area contributed by atoms with Crippen LogP contribution in [0.3, 0.4) is 0 Å². The maximum absolute atomic E-state index is 12.5. The first-order valence-electron chi connectivity index (χ1n) is 8.99. The molecule has 1 N–H and O–H groups in total. The smallest absolute Gasteiger partial charge is 0.251 e. The van der Waals surface area contributed by atoms with Gasteiger partial charge in [-0.3, -0.25) is 4.79 Å². The maximum Gasteiger partial charge on any atom is 0.251 e. The van der Waals surface area contributed by atoms with Gasteiger partial charge in [0, 0.05) is 23.1 Å². The summed E-state index contributed by atoms with van der Waals surface area (Å²) in [7, 11) is 0. The molecule has 0 bridgehead atoms. The fourth-order valence-electron chi connectivity index (χ4n) is 2.95. The lowest BCUT2D eigenvalue weighted by atomic mass is 9.93. The van der Waals surface area contributed by atoms with Gasteiger partial charge in [-0.25, -0.2) is 0 Å².